The van der Waals surface area contributed by atoms with E-state index in [1.807, 2.05) is 0 Å². The van der Waals surface area contributed by atoms with Crippen LogP contribution in [0.15, 0.2) is 16.8 Å². The van der Waals surface area contributed by atoms with E-state index in [4.69, 9.17) is 0 Å². The summed E-state index contributed by atoms with van der Waals surface area (Å²) in [6, 6.07) is 2.17. The molecule has 0 spiro atoms. The van der Waals surface area contributed by atoms with Gasteiger partial charge in [0, 0.05) is 5.56 Å². The minimum absolute atomic E-state index is 0.454. The molecular weight excluding hydrogens is 104 g/mol. The Labute approximate surface area is 46.8 Å². The molecule has 0 nitrogen and oxygen atoms in total. The van der Waals surface area contributed by atoms with Crippen molar-refractivity contribution in [3.05, 3.63) is 22.4 Å². The van der Waals surface area contributed by atoms with Crippen LogP contribution in [0.5, 0.6) is 0 Å². The molecule has 0 N–H and O–H groups in total. The Morgan fingerprint density at radius 1 is 1.57 bits per heavy atom. The standard InChI is InChI=1S/C6H9S/c1-6-3-4-7(2)5-6/h3-5H,1-2H3/q+1. The highest BCUT2D eigenvalue weighted by atomic mass is 32.2. The first-order valence-corrected chi connectivity index (χ1v) is 4.05. The van der Waals surface area contributed by atoms with Crippen molar-refractivity contribution in [2.75, 3.05) is 0 Å². The predicted octanol–water partition coefficient (Wildman–Crippen LogP) is 2.28. The van der Waals surface area contributed by atoms with Gasteiger partial charge in [0.2, 0.25) is 0 Å². The van der Waals surface area contributed by atoms with Gasteiger partial charge in [-0.15, -0.1) is 0 Å². The fraction of sp³-hybridized carbons (Fsp3) is 0.333. The van der Waals surface area contributed by atoms with Gasteiger partial charge in [0.15, 0.2) is 0 Å². The molecule has 38 valence electrons. The molecule has 0 saturated carbocycles. The lowest BCUT2D eigenvalue weighted by Gasteiger charge is -1.63. The lowest BCUT2D eigenvalue weighted by atomic mass is 10.4. The van der Waals surface area contributed by atoms with Gasteiger partial charge in [-0.25, -0.2) is 0 Å². The summed E-state index contributed by atoms with van der Waals surface area (Å²) in [6.07, 6.45) is 2.22. The van der Waals surface area contributed by atoms with E-state index >= 15 is 0 Å². The number of rotatable bonds is 0. The monoisotopic (exact) mass is 113 g/mol. The average Bonchev–Trinajstić information content (AvgIpc) is 1.87. The molecule has 0 saturated heterocycles. The van der Waals surface area contributed by atoms with Gasteiger partial charge >= 0.3 is 0 Å². The highest BCUT2D eigenvalue weighted by Crippen LogP contribution is 2.14. The third-order valence-corrected chi connectivity index (χ3v) is 2.23. The van der Waals surface area contributed by atoms with Crippen LogP contribution in [0.25, 0.3) is 0 Å². The third-order valence-electron chi connectivity index (χ3n) is 0.917. The first-order chi connectivity index (χ1) is 3.29. The van der Waals surface area contributed by atoms with Gasteiger partial charge in [0.1, 0.15) is 17.0 Å². The SMILES string of the molecule is Cc1cc[s+](C)c1. The zero-order valence-corrected chi connectivity index (χ0v) is 5.46. The minimum atomic E-state index is 0.454. The van der Waals surface area contributed by atoms with Crippen LogP contribution in [0, 0.1) is 6.92 Å². The molecule has 1 rings (SSSR count). The summed E-state index contributed by atoms with van der Waals surface area (Å²) in [6.45, 7) is 2.13. The summed E-state index contributed by atoms with van der Waals surface area (Å²) >= 11 is 0. The second kappa shape index (κ2) is 1.66. The van der Waals surface area contributed by atoms with Gasteiger partial charge in [-0.05, 0) is 23.5 Å². The van der Waals surface area contributed by atoms with Crippen LogP contribution in [-0.2, 0) is 6.26 Å². The molecule has 0 aliphatic heterocycles. The van der Waals surface area contributed by atoms with E-state index in [1.165, 1.54) is 5.56 Å². The maximum Gasteiger partial charge on any atom is 0.140 e. The molecule has 1 heterocycles. The van der Waals surface area contributed by atoms with E-state index < -0.39 is 0 Å². The van der Waals surface area contributed by atoms with E-state index in [-0.39, 0.29) is 0 Å². The summed E-state index contributed by atoms with van der Waals surface area (Å²) < 4.78 is 0. The molecule has 0 radical (unpaired) electrons. The molecule has 0 aliphatic carbocycles. The smallest absolute Gasteiger partial charge is 0.0349 e. The van der Waals surface area contributed by atoms with E-state index in [0.29, 0.717) is 10.5 Å². The maximum atomic E-state index is 2.28. The maximum absolute atomic E-state index is 2.28. The quantitative estimate of drug-likeness (QED) is 0.453. The zero-order chi connectivity index (χ0) is 5.28. The molecule has 1 aromatic rings. The third kappa shape index (κ3) is 1.03. The molecule has 1 heteroatoms. The molecule has 0 amide bonds. The Morgan fingerprint density at radius 3 is 2.43 bits per heavy atom. The first-order valence-electron chi connectivity index (χ1n) is 2.29. The Kier molecular flexibility index (Phi) is 1.15. The second-order valence-corrected chi connectivity index (χ2v) is 3.49. The van der Waals surface area contributed by atoms with Gasteiger partial charge < -0.3 is 0 Å². The first kappa shape index (κ1) is 4.85. The predicted molar refractivity (Wildman–Crippen MR) is 34.6 cm³/mol. The normalized spacial score (nSPS) is 12.0. The van der Waals surface area contributed by atoms with Crippen LogP contribution in [0.3, 0.4) is 0 Å². The number of aryl methyl sites for hydroxylation is 2. The van der Waals surface area contributed by atoms with Gasteiger partial charge in [0.05, 0.1) is 0 Å². The van der Waals surface area contributed by atoms with Crippen LogP contribution in [-0.4, -0.2) is 0 Å². The van der Waals surface area contributed by atoms with Crippen LogP contribution < -0.4 is 0 Å². The topological polar surface area (TPSA) is 0 Å². The molecule has 0 bridgehead atoms. The molecule has 7 heavy (non-hydrogen) atoms. The zero-order valence-electron chi connectivity index (χ0n) is 4.64. The second-order valence-electron chi connectivity index (χ2n) is 1.77. The molecule has 1 atom stereocenters. The van der Waals surface area contributed by atoms with Gasteiger partial charge in [-0.2, -0.15) is 0 Å². The van der Waals surface area contributed by atoms with Crippen LogP contribution in [0.2, 0.25) is 0 Å². The van der Waals surface area contributed by atoms with Gasteiger partial charge in [0.25, 0.3) is 0 Å². The molecule has 0 fully saturated rings. The average molecular weight is 113 g/mol. The van der Waals surface area contributed by atoms with Crippen LogP contribution >= 0.6 is 10.5 Å². The fourth-order valence-corrected chi connectivity index (χ4v) is 1.76. The lowest BCUT2D eigenvalue weighted by Crippen LogP contribution is -1.49. The Morgan fingerprint density at radius 2 is 2.29 bits per heavy atom. The molecule has 0 aromatic carbocycles. The van der Waals surface area contributed by atoms with Crippen molar-refractivity contribution in [2.24, 2.45) is 6.26 Å². The van der Waals surface area contributed by atoms with Crippen molar-refractivity contribution in [1.82, 2.24) is 0 Å². The van der Waals surface area contributed by atoms with Crippen molar-refractivity contribution in [2.45, 2.75) is 6.92 Å². The number of hydrogen-bond acceptors (Lipinski definition) is 0. The molecule has 1 unspecified atom stereocenters. The van der Waals surface area contributed by atoms with Gasteiger partial charge in [-0.1, -0.05) is 0 Å². The van der Waals surface area contributed by atoms with Crippen molar-refractivity contribution >= 4 is 10.5 Å². The summed E-state index contributed by atoms with van der Waals surface area (Å²) in [5.74, 6) is 0. The Hall–Kier alpha value is -0.300. The fourth-order valence-electron chi connectivity index (χ4n) is 0.586. The van der Waals surface area contributed by atoms with Crippen molar-refractivity contribution in [1.29, 1.82) is 0 Å². The van der Waals surface area contributed by atoms with Crippen molar-refractivity contribution < 1.29 is 0 Å². The summed E-state index contributed by atoms with van der Waals surface area (Å²) in [4.78, 5) is 0. The summed E-state index contributed by atoms with van der Waals surface area (Å²) in [5, 5.41) is 4.51. The highest BCUT2D eigenvalue weighted by molar-refractivity contribution is 7.26. The van der Waals surface area contributed by atoms with Gasteiger partial charge in [-0.3, -0.25) is 0 Å². The number of hydrogen-bond donors (Lipinski definition) is 0. The van der Waals surface area contributed by atoms with E-state index in [9.17, 15) is 0 Å². The van der Waals surface area contributed by atoms with Crippen molar-refractivity contribution in [3.63, 3.8) is 0 Å². The van der Waals surface area contributed by atoms with Crippen LogP contribution in [0.1, 0.15) is 5.56 Å². The largest absolute Gasteiger partial charge is 0.140 e. The number of thiophene rings is 1. The molecule has 1 aromatic heterocycles. The minimum Gasteiger partial charge on any atom is -0.0349 e. The van der Waals surface area contributed by atoms with Crippen LogP contribution in [0.4, 0.5) is 0 Å². The summed E-state index contributed by atoms with van der Waals surface area (Å²) in [5.41, 5.74) is 1.41. The lowest BCUT2D eigenvalue weighted by molar-refractivity contribution is 1.56. The Balaban J connectivity index is 3.04. The Bertz CT molecular complexity index is 136. The highest BCUT2D eigenvalue weighted by Gasteiger charge is 1.92. The van der Waals surface area contributed by atoms with E-state index in [0.717, 1.165) is 0 Å². The summed E-state index contributed by atoms with van der Waals surface area (Å²) in [7, 11) is 0.454. The molecule has 0 aliphatic rings. The van der Waals surface area contributed by atoms with Crippen molar-refractivity contribution in [3.8, 4) is 0 Å². The van der Waals surface area contributed by atoms with E-state index in [1.54, 1.807) is 0 Å². The molecular formula is C6H9S+. The van der Waals surface area contributed by atoms with E-state index in [2.05, 4.69) is 30.0 Å².